The number of carbonyl (C=O) groups excluding carboxylic acids is 1. The maximum Gasteiger partial charge on any atom is 0.217 e. The van der Waals surface area contributed by atoms with Gasteiger partial charge in [-0.05, 0) is 43.2 Å². The number of likely N-dealkylation sites (tertiary alicyclic amines) is 1. The zero-order valence-corrected chi connectivity index (χ0v) is 14.9. The molecular weight excluding hydrogens is 300 g/mol. The predicted octanol–water partition coefficient (Wildman–Crippen LogP) is 2.30. The molecule has 1 unspecified atom stereocenters. The Kier molecular flexibility index (Phi) is 7.09. The average molecular weight is 330 g/mol. The highest BCUT2D eigenvalue weighted by Gasteiger charge is 2.23. The number of guanidine groups is 1. The summed E-state index contributed by atoms with van der Waals surface area (Å²) in [6, 6.07) is 8.47. The zero-order valence-electron chi connectivity index (χ0n) is 14.9. The van der Waals surface area contributed by atoms with Crippen molar-refractivity contribution in [2.24, 2.45) is 16.6 Å². The van der Waals surface area contributed by atoms with E-state index in [1.54, 1.807) is 0 Å². The minimum atomic E-state index is -0.208. The number of aliphatic imine (C=N–C) groups is 1. The summed E-state index contributed by atoms with van der Waals surface area (Å²) in [5.41, 5.74) is 8.00. The summed E-state index contributed by atoms with van der Waals surface area (Å²) in [4.78, 5) is 18.3. The van der Waals surface area contributed by atoms with Gasteiger partial charge in [0.2, 0.25) is 5.91 Å². The van der Waals surface area contributed by atoms with Crippen molar-refractivity contribution in [3.8, 4) is 0 Å². The first kappa shape index (κ1) is 18.3. The standard InChI is InChI=1S/C19H30N4O/c1-3-16-9-5-6-10-17(16)13-22-19(21-4-2)23-11-7-8-15(14-23)12-18(20)24/h5-6,9-10,15H,3-4,7-8,11-14H2,1-2H3,(H2,20,24)(H,21,22). The molecule has 0 aliphatic carbocycles. The third-order valence-corrected chi connectivity index (χ3v) is 4.54. The van der Waals surface area contributed by atoms with Gasteiger partial charge in [-0.2, -0.15) is 0 Å². The fraction of sp³-hybridized carbons (Fsp3) is 0.579. The molecule has 24 heavy (non-hydrogen) atoms. The second-order valence-corrected chi connectivity index (χ2v) is 6.42. The molecule has 1 atom stereocenters. The molecule has 5 nitrogen and oxygen atoms in total. The van der Waals surface area contributed by atoms with Crippen LogP contribution in [0.25, 0.3) is 0 Å². The van der Waals surface area contributed by atoms with Crippen LogP contribution in [0, 0.1) is 5.92 Å². The van der Waals surface area contributed by atoms with E-state index in [4.69, 9.17) is 10.7 Å². The van der Waals surface area contributed by atoms with E-state index in [1.165, 1.54) is 11.1 Å². The fourth-order valence-electron chi connectivity index (χ4n) is 3.35. The first-order chi connectivity index (χ1) is 11.6. The van der Waals surface area contributed by atoms with Gasteiger partial charge in [0, 0.05) is 26.1 Å². The topological polar surface area (TPSA) is 70.7 Å². The van der Waals surface area contributed by atoms with Crippen LogP contribution in [-0.4, -0.2) is 36.4 Å². The number of aryl methyl sites for hydroxylation is 1. The third-order valence-electron chi connectivity index (χ3n) is 4.54. The quantitative estimate of drug-likeness (QED) is 0.621. The number of piperidine rings is 1. The van der Waals surface area contributed by atoms with E-state index in [2.05, 4.69) is 48.3 Å². The van der Waals surface area contributed by atoms with E-state index in [0.717, 1.165) is 44.9 Å². The van der Waals surface area contributed by atoms with Crippen LogP contribution >= 0.6 is 0 Å². The molecule has 1 amide bonds. The molecule has 1 aliphatic heterocycles. The smallest absolute Gasteiger partial charge is 0.217 e. The van der Waals surface area contributed by atoms with Gasteiger partial charge in [-0.3, -0.25) is 4.79 Å². The molecule has 0 saturated carbocycles. The molecule has 0 aromatic heterocycles. The van der Waals surface area contributed by atoms with Crippen LogP contribution in [0.1, 0.15) is 44.2 Å². The number of hydrogen-bond donors (Lipinski definition) is 2. The lowest BCUT2D eigenvalue weighted by Gasteiger charge is -2.34. The van der Waals surface area contributed by atoms with Gasteiger partial charge < -0.3 is 16.0 Å². The van der Waals surface area contributed by atoms with Crippen molar-refractivity contribution in [3.05, 3.63) is 35.4 Å². The minimum absolute atomic E-state index is 0.208. The summed E-state index contributed by atoms with van der Waals surface area (Å²) in [6.07, 6.45) is 3.63. The summed E-state index contributed by atoms with van der Waals surface area (Å²) in [7, 11) is 0. The Labute approximate surface area is 145 Å². The highest BCUT2D eigenvalue weighted by Crippen LogP contribution is 2.20. The molecule has 1 saturated heterocycles. The maximum absolute atomic E-state index is 11.2. The van der Waals surface area contributed by atoms with Crippen molar-refractivity contribution in [1.29, 1.82) is 0 Å². The van der Waals surface area contributed by atoms with E-state index in [0.29, 0.717) is 18.9 Å². The highest BCUT2D eigenvalue weighted by molar-refractivity contribution is 5.80. The van der Waals surface area contributed by atoms with Gasteiger partial charge in [-0.1, -0.05) is 31.2 Å². The van der Waals surface area contributed by atoms with Crippen LogP contribution < -0.4 is 11.1 Å². The average Bonchev–Trinajstić information content (AvgIpc) is 2.58. The summed E-state index contributed by atoms with van der Waals surface area (Å²) >= 11 is 0. The summed E-state index contributed by atoms with van der Waals surface area (Å²) in [6.45, 7) is 7.61. The van der Waals surface area contributed by atoms with Gasteiger partial charge in [0.15, 0.2) is 5.96 Å². The number of nitrogens with two attached hydrogens (primary N) is 1. The minimum Gasteiger partial charge on any atom is -0.370 e. The Hall–Kier alpha value is -2.04. The van der Waals surface area contributed by atoms with Crippen molar-refractivity contribution in [2.75, 3.05) is 19.6 Å². The number of rotatable bonds is 6. The first-order valence-corrected chi connectivity index (χ1v) is 9.02. The van der Waals surface area contributed by atoms with Gasteiger partial charge in [-0.15, -0.1) is 0 Å². The van der Waals surface area contributed by atoms with Crippen molar-refractivity contribution in [3.63, 3.8) is 0 Å². The lowest BCUT2D eigenvalue weighted by Crippen LogP contribution is -2.47. The molecule has 132 valence electrons. The Morgan fingerprint density at radius 1 is 1.33 bits per heavy atom. The third kappa shape index (κ3) is 5.25. The molecular formula is C19H30N4O. The van der Waals surface area contributed by atoms with Gasteiger partial charge in [0.05, 0.1) is 6.54 Å². The lowest BCUT2D eigenvalue weighted by atomic mass is 9.95. The second kappa shape index (κ2) is 9.30. The molecule has 0 bridgehead atoms. The molecule has 0 spiro atoms. The maximum atomic E-state index is 11.2. The largest absolute Gasteiger partial charge is 0.370 e. The molecule has 3 N–H and O–H groups in total. The monoisotopic (exact) mass is 330 g/mol. The van der Waals surface area contributed by atoms with Crippen molar-refractivity contribution >= 4 is 11.9 Å². The van der Waals surface area contributed by atoms with Gasteiger partial charge in [0.1, 0.15) is 0 Å². The molecule has 1 aromatic carbocycles. The Morgan fingerprint density at radius 3 is 2.75 bits per heavy atom. The molecule has 1 fully saturated rings. The summed E-state index contributed by atoms with van der Waals surface area (Å²) in [5.74, 6) is 1.07. The van der Waals surface area contributed by atoms with Crippen molar-refractivity contribution in [2.45, 2.75) is 46.1 Å². The number of nitrogens with one attached hydrogen (secondary N) is 1. The van der Waals surface area contributed by atoms with Gasteiger partial charge in [0.25, 0.3) is 0 Å². The van der Waals surface area contributed by atoms with Crippen LogP contribution in [0.15, 0.2) is 29.3 Å². The molecule has 0 radical (unpaired) electrons. The number of hydrogen-bond acceptors (Lipinski definition) is 2. The molecule has 1 aliphatic rings. The Balaban J connectivity index is 2.08. The van der Waals surface area contributed by atoms with E-state index in [1.807, 2.05) is 0 Å². The van der Waals surface area contributed by atoms with Crippen LogP contribution in [0.5, 0.6) is 0 Å². The van der Waals surface area contributed by atoms with E-state index < -0.39 is 0 Å². The Morgan fingerprint density at radius 2 is 2.08 bits per heavy atom. The van der Waals surface area contributed by atoms with Crippen LogP contribution in [-0.2, 0) is 17.8 Å². The zero-order chi connectivity index (χ0) is 17.4. The number of nitrogens with zero attached hydrogens (tertiary/aromatic N) is 2. The number of benzene rings is 1. The highest BCUT2D eigenvalue weighted by atomic mass is 16.1. The first-order valence-electron chi connectivity index (χ1n) is 9.02. The SMILES string of the molecule is CCNC(=NCc1ccccc1CC)N1CCCC(CC(N)=O)C1. The number of primary amides is 1. The Bertz CT molecular complexity index is 570. The van der Waals surface area contributed by atoms with E-state index >= 15 is 0 Å². The van der Waals surface area contributed by atoms with Crippen LogP contribution in [0.4, 0.5) is 0 Å². The van der Waals surface area contributed by atoms with Crippen LogP contribution in [0.3, 0.4) is 0 Å². The summed E-state index contributed by atoms with van der Waals surface area (Å²) in [5, 5.41) is 3.39. The molecule has 2 rings (SSSR count). The molecule has 1 aromatic rings. The fourth-order valence-corrected chi connectivity index (χ4v) is 3.35. The number of carbonyl (C=O) groups is 1. The van der Waals surface area contributed by atoms with E-state index in [9.17, 15) is 4.79 Å². The van der Waals surface area contributed by atoms with Gasteiger partial charge in [-0.25, -0.2) is 4.99 Å². The molecule has 1 heterocycles. The lowest BCUT2D eigenvalue weighted by molar-refractivity contribution is -0.119. The van der Waals surface area contributed by atoms with E-state index in [-0.39, 0.29) is 5.91 Å². The van der Waals surface area contributed by atoms with Gasteiger partial charge >= 0.3 is 0 Å². The molecule has 5 heteroatoms. The number of amides is 1. The van der Waals surface area contributed by atoms with Crippen LogP contribution in [0.2, 0.25) is 0 Å². The van der Waals surface area contributed by atoms with Crippen molar-refractivity contribution in [1.82, 2.24) is 10.2 Å². The second-order valence-electron chi connectivity index (χ2n) is 6.42. The normalized spacial score (nSPS) is 18.5. The van der Waals surface area contributed by atoms with Crippen molar-refractivity contribution < 1.29 is 4.79 Å². The predicted molar refractivity (Wildman–Crippen MR) is 98.7 cm³/mol. The summed E-state index contributed by atoms with van der Waals surface area (Å²) < 4.78 is 0.